The Hall–Kier alpha value is -15.5. The van der Waals surface area contributed by atoms with Crippen LogP contribution in [-0.4, -0.2) is 140 Å². The van der Waals surface area contributed by atoms with Crippen molar-refractivity contribution in [2.24, 2.45) is 20.6 Å². The lowest BCUT2D eigenvalue weighted by Crippen LogP contribution is -2.18. The first-order valence-electron chi connectivity index (χ1n) is 36.5. The van der Waals surface area contributed by atoms with Gasteiger partial charge in [-0.15, -0.1) is 20.4 Å². The Morgan fingerprint density at radius 3 is 1.23 bits per heavy atom. The molecule has 124 heavy (non-hydrogen) atoms. The molecule has 0 fully saturated rings. The molecule has 0 amide bonds. The number of benzene rings is 7. The van der Waals surface area contributed by atoms with Crippen molar-refractivity contribution < 1.29 is 42.5 Å². The van der Waals surface area contributed by atoms with Crippen molar-refractivity contribution in [3.05, 3.63) is 253 Å². The number of aryl methyl sites for hydroxylation is 1. The van der Waals surface area contributed by atoms with Gasteiger partial charge in [-0.05, 0) is 158 Å². The summed E-state index contributed by atoms with van der Waals surface area (Å²) in [7, 11) is -13.3. The molecule has 0 saturated heterocycles. The Balaban J connectivity index is 0.000000143. The number of sulfonamides is 4. The normalized spacial score (nSPS) is 12.5. The third-order valence-corrected chi connectivity index (χ3v) is 21.6. The van der Waals surface area contributed by atoms with E-state index in [-0.39, 0.29) is 91.4 Å². The maximum absolute atomic E-state index is 13.8. The summed E-state index contributed by atoms with van der Waals surface area (Å²) in [5.74, 6) is 4.50. The smallest absolute Gasteiger partial charge is 0.248 e. The highest BCUT2D eigenvalue weighted by Crippen LogP contribution is 2.33. The third kappa shape index (κ3) is 22.3. The van der Waals surface area contributed by atoms with Crippen molar-refractivity contribution in [2.75, 3.05) is 72.5 Å². The molecule has 50 heteroatoms. The number of hydrogen-bond acceptors (Lipinski definition) is 36. The number of primary sulfonamides is 4. The number of aromatic nitrogens is 20. The lowest BCUT2D eigenvalue weighted by atomic mass is 9.88. The summed E-state index contributed by atoms with van der Waals surface area (Å²) in [6.07, 6.45) is 8.71. The molecule has 1 aliphatic carbocycles. The van der Waals surface area contributed by atoms with Crippen LogP contribution in [-0.2, 0) is 59.6 Å². The van der Waals surface area contributed by atoms with Gasteiger partial charge in [0.25, 0.3) is 0 Å². The monoisotopic (exact) mass is 1760 g/mol. The Morgan fingerprint density at radius 1 is 0.419 bits per heavy atom. The van der Waals surface area contributed by atoms with Crippen LogP contribution in [0.2, 0.25) is 0 Å². The van der Waals surface area contributed by atoms with E-state index in [4.69, 9.17) is 43.5 Å². The van der Waals surface area contributed by atoms with E-state index >= 15 is 0 Å². The van der Waals surface area contributed by atoms with Gasteiger partial charge in [-0.3, -0.25) is 0 Å². The van der Waals surface area contributed by atoms with Crippen LogP contribution in [0.4, 0.5) is 102 Å². The number of halogens is 2. The summed E-state index contributed by atoms with van der Waals surface area (Å²) in [6, 6.07) is 49.5. The molecule has 0 spiro atoms. The first-order chi connectivity index (χ1) is 59.2. The van der Waals surface area contributed by atoms with Crippen LogP contribution in [0.1, 0.15) is 46.7 Å². The first-order valence-corrected chi connectivity index (χ1v) is 42.7. The third-order valence-electron chi connectivity index (χ3n) is 17.9. The Labute approximate surface area is 705 Å². The average Bonchev–Trinajstić information content (AvgIpc) is 1.59. The van der Waals surface area contributed by atoms with Crippen molar-refractivity contribution in [1.29, 1.82) is 0 Å². The van der Waals surface area contributed by atoms with Gasteiger partial charge in [0.1, 0.15) is 60.2 Å². The maximum Gasteiger partial charge on any atom is 0.248 e. The Kier molecular flexibility index (Phi) is 26.1. The minimum Gasteiger partial charge on any atom is -0.373 e. The van der Waals surface area contributed by atoms with Gasteiger partial charge in [0.05, 0.1) is 25.6 Å². The van der Waals surface area contributed by atoms with Gasteiger partial charge in [-0.25, -0.2) is 103 Å². The molecule has 7 aromatic carbocycles. The molecular formula is C74H76F2N36O8S4. The predicted molar refractivity (Wildman–Crippen MR) is 457 cm³/mol. The molecule has 1 unspecified atom stereocenters. The summed E-state index contributed by atoms with van der Waals surface area (Å²) in [6.45, 7) is 2.43. The quantitative estimate of drug-likeness (QED) is 0.0292. The zero-order chi connectivity index (χ0) is 88.0. The summed E-state index contributed by atoms with van der Waals surface area (Å²) >= 11 is 0. The van der Waals surface area contributed by atoms with Crippen molar-refractivity contribution in [3.8, 4) is 23.3 Å². The Morgan fingerprint density at radius 2 is 0.806 bits per heavy atom. The second-order valence-electron chi connectivity index (χ2n) is 26.5. The second kappa shape index (κ2) is 37.4. The predicted octanol–water partition coefficient (Wildman–Crippen LogP) is 6.46. The van der Waals surface area contributed by atoms with Gasteiger partial charge in [-0.1, -0.05) is 54.6 Å². The fourth-order valence-electron chi connectivity index (χ4n) is 11.9. The number of nitrogens with one attached hydrogen (secondary N) is 8. The van der Waals surface area contributed by atoms with Gasteiger partial charge in [0, 0.05) is 72.2 Å². The number of anilines is 16. The van der Waals surface area contributed by atoms with Gasteiger partial charge in [0.15, 0.2) is 23.3 Å². The molecule has 15 aromatic rings. The largest absolute Gasteiger partial charge is 0.373 e. The molecule has 16 rings (SSSR count). The average molecular weight is 1760 g/mol. The van der Waals surface area contributed by atoms with Crippen molar-refractivity contribution in [3.63, 3.8) is 0 Å². The zero-order valence-corrected chi connectivity index (χ0v) is 68.3. The lowest BCUT2D eigenvalue weighted by molar-refractivity contribution is 0.596. The van der Waals surface area contributed by atoms with Crippen LogP contribution in [0.15, 0.2) is 233 Å². The van der Waals surface area contributed by atoms with Crippen LogP contribution in [0.25, 0.3) is 23.3 Å². The number of fused-ring (bicyclic) bond motifs is 1. The maximum atomic E-state index is 13.8. The molecule has 0 radical (unpaired) electrons. The van der Waals surface area contributed by atoms with Gasteiger partial charge in [0.2, 0.25) is 87.7 Å². The van der Waals surface area contributed by atoms with Gasteiger partial charge >= 0.3 is 0 Å². The Bertz CT molecular complexity index is 6820. The fourth-order valence-corrected chi connectivity index (χ4v) is 14.0. The highest BCUT2D eigenvalue weighted by Gasteiger charge is 2.23. The summed E-state index contributed by atoms with van der Waals surface area (Å²) in [5, 5.41) is 62.0. The van der Waals surface area contributed by atoms with E-state index in [1.807, 2.05) is 6.92 Å². The van der Waals surface area contributed by atoms with E-state index in [1.54, 1.807) is 79.8 Å². The van der Waals surface area contributed by atoms with E-state index in [1.165, 1.54) is 146 Å². The SMILES string of the molecule is CNc1ncnc(-n2nc(Nc3ccc(S(N)(=O)=O)cc3)nc2N)c1C.Nc1nc(Nc2ccc(S(N)(=O)=O)cc2)nn1-c1cc(NC2CCCc3ccccc32)ncn1.Nc1nc(Nc2ccc(S(N)(=O)=O)cc2)nn1-c1cc(NCc2cccc(F)c2)ncn1.Nc1nc(Nc2ccc(S(N)(=O)=O)cc2)nn1-c1cc(NCc2ccccc2F)ncn1. The second-order valence-corrected chi connectivity index (χ2v) is 32.8. The summed E-state index contributed by atoms with van der Waals surface area (Å²) < 4.78 is 123. The summed E-state index contributed by atoms with van der Waals surface area (Å²) in [5.41, 5.74) is 30.8. The molecule has 8 heterocycles. The number of rotatable bonds is 25. The number of nitrogen functional groups attached to an aromatic ring is 4. The van der Waals surface area contributed by atoms with Gasteiger partial charge in [-0.2, -0.15) is 38.7 Å². The van der Waals surface area contributed by atoms with E-state index in [9.17, 15) is 42.5 Å². The molecule has 0 saturated carbocycles. The topological polar surface area (TPSA) is 667 Å². The number of hydrogen-bond donors (Lipinski definition) is 16. The summed E-state index contributed by atoms with van der Waals surface area (Å²) in [4.78, 5) is 50.2. The molecule has 638 valence electrons. The molecular weight excluding hydrogens is 1690 g/mol. The highest BCUT2D eigenvalue weighted by atomic mass is 32.2. The van der Waals surface area contributed by atoms with Crippen molar-refractivity contribution >= 4 is 134 Å². The van der Waals surface area contributed by atoms with Gasteiger partial charge < -0.3 is 65.5 Å². The van der Waals surface area contributed by atoms with E-state index in [0.717, 1.165) is 30.4 Å². The number of nitrogens with two attached hydrogens (primary N) is 8. The number of nitrogens with zero attached hydrogens (tertiary/aromatic N) is 20. The van der Waals surface area contributed by atoms with E-state index < -0.39 is 40.1 Å². The molecule has 24 N–H and O–H groups in total. The molecule has 8 aromatic heterocycles. The molecule has 1 atom stereocenters. The molecule has 1 aliphatic rings. The molecule has 0 bridgehead atoms. The van der Waals surface area contributed by atoms with Crippen molar-refractivity contribution in [1.82, 2.24) is 98.9 Å². The first kappa shape index (κ1) is 86.4. The molecule has 44 nitrogen and oxygen atoms in total. The van der Waals surface area contributed by atoms with Crippen LogP contribution in [0, 0.1) is 18.6 Å². The van der Waals surface area contributed by atoms with Crippen LogP contribution in [0.5, 0.6) is 0 Å². The van der Waals surface area contributed by atoms with E-state index in [0.29, 0.717) is 81.4 Å². The zero-order valence-electron chi connectivity index (χ0n) is 65.0. The standard InChI is InChI=1S/C22H23N9O2S.2C19H18FN9O2S.C14H17N9O2S/c23-21-29-22(27-15-8-10-16(11-9-15)34(24,32)33)30-31(21)20-12-19(25-13-26-20)28-18-7-3-5-14-4-1-2-6-17(14)18;20-13-3-1-2-12(8-13)10-23-16-9-17(25-11-24-16)29-18(21)27-19(28-29)26-14-4-6-15(7-5-14)32(22,30)31;20-15-4-2-1-3-12(15)10-23-16-9-17(25-11-24-16)29-18(21)27-19(28-29)26-13-5-7-14(8-6-13)32(22,30)31;1-8-11(17-2)18-7-19-12(8)23-13(15)21-14(22-23)20-9-3-5-10(6-4-9)26(16,24)25/h1-2,4,6,8-13,18H,3,5,7H2,(H2,24,32,33)(H,25,26,28)(H3,23,27,29,30);2*1-9,11H,10H2,(H2,22,30,31)(H,23,24,25)(H3,21,26,27,28);3-7H,1-2H3,(H2,16,24,25)(H,17,18,19)(H3,15,20,21,22). The highest BCUT2D eigenvalue weighted by molar-refractivity contribution is 7.90. The minimum atomic E-state index is -3.78. The fraction of sp³-hybridized carbons (Fsp3) is 0.108. The lowest BCUT2D eigenvalue weighted by Gasteiger charge is -2.26. The minimum absolute atomic E-state index is 0.0113. The van der Waals surface area contributed by atoms with Crippen LogP contribution in [0.3, 0.4) is 0 Å². The van der Waals surface area contributed by atoms with Crippen molar-refractivity contribution in [2.45, 2.75) is 64.9 Å². The van der Waals surface area contributed by atoms with E-state index in [2.05, 4.69) is 147 Å². The molecule has 0 aliphatic heterocycles. The van der Waals surface area contributed by atoms with Crippen LogP contribution >= 0.6 is 0 Å². The van der Waals surface area contributed by atoms with Crippen LogP contribution < -0.4 is 86.0 Å².